The summed E-state index contributed by atoms with van der Waals surface area (Å²) in [6, 6.07) is 13.8. The molecule has 162 valence electrons. The Morgan fingerprint density at radius 1 is 0.871 bits per heavy atom. The number of halogens is 3. The Bertz CT molecular complexity index is 1160. The topological polar surface area (TPSA) is 78.6 Å². The molecule has 0 amide bonds. The molecule has 8 heteroatoms. The van der Waals surface area contributed by atoms with E-state index >= 15 is 0 Å². The number of pyridine rings is 1. The van der Waals surface area contributed by atoms with Gasteiger partial charge < -0.3 is 4.98 Å². The highest BCUT2D eigenvalue weighted by atomic mass is 19.4. The van der Waals surface area contributed by atoms with Gasteiger partial charge in [0.15, 0.2) is 0 Å². The second kappa shape index (κ2) is 8.53. The standard InChI is InChI=1S/C23H22F3N3O2/c24-23(25,26)19-8-4-7-17(27-19)13-18-20(28-22(31)29-21(18)30)16-11-9-15(10-12-16)14-5-2-1-3-6-14/h1-8,15-16H,9-13H2,(H2,28,29,30,31)/t15-,16-. The maximum Gasteiger partial charge on any atom is 0.433 e. The molecule has 2 aromatic heterocycles. The number of aromatic nitrogens is 3. The van der Waals surface area contributed by atoms with Gasteiger partial charge in [-0.3, -0.25) is 9.78 Å². The zero-order valence-corrected chi connectivity index (χ0v) is 16.7. The number of nitrogens with one attached hydrogen (secondary N) is 2. The number of hydrogen-bond donors (Lipinski definition) is 2. The van der Waals surface area contributed by atoms with Gasteiger partial charge in [0.25, 0.3) is 5.56 Å². The first kappa shape index (κ1) is 21.1. The van der Waals surface area contributed by atoms with Crippen LogP contribution in [0.1, 0.15) is 65.7 Å². The van der Waals surface area contributed by atoms with E-state index in [1.165, 1.54) is 17.7 Å². The Morgan fingerprint density at radius 2 is 1.55 bits per heavy atom. The molecule has 2 N–H and O–H groups in total. The molecule has 0 radical (unpaired) electrons. The van der Waals surface area contributed by atoms with Crippen LogP contribution in [0.3, 0.4) is 0 Å². The second-order valence-corrected chi connectivity index (χ2v) is 7.95. The second-order valence-electron chi connectivity index (χ2n) is 7.95. The van der Waals surface area contributed by atoms with Crippen molar-refractivity contribution in [1.29, 1.82) is 0 Å². The molecule has 0 atom stereocenters. The van der Waals surface area contributed by atoms with Crippen molar-refractivity contribution in [3.05, 3.63) is 97.6 Å². The first-order valence-corrected chi connectivity index (χ1v) is 10.2. The van der Waals surface area contributed by atoms with Crippen molar-refractivity contribution in [3.63, 3.8) is 0 Å². The van der Waals surface area contributed by atoms with Crippen LogP contribution in [-0.4, -0.2) is 15.0 Å². The average molecular weight is 429 g/mol. The van der Waals surface area contributed by atoms with Gasteiger partial charge in [0, 0.05) is 23.4 Å². The quantitative estimate of drug-likeness (QED) is 0.641. The molecule has 1 aliphatic carbocycles. The van der Waals surface area contributed by atoms with E-state index in [1.807, 2.05) is 18.2 Å². The zero-order valence-electron chi connectivity index (χ0n) is 16.7. The van der Waals surface area contributed by atoms with Gasteiger partial charge in [-0.15, -0.1) is 0 Å². The summed E-state index contributed by atoms with van der Waals surface area (Å²) in [4.78, 5) is 33.1. The van der Waals surface area contributed by atoms with Gasteiger partial charge in [-0.2, -0.15) is 13.2 Å². The smallest absolute Gasteiger partial charge is 0.311 e. The summed E-state index contributed by atoms with van der Waals surface area (Å²) in [6.07, 6.45) is -1.27. The van der Waals surface area contributed by atoms with E-state index in [0.29, 0.717) is 11.6 Å². The maximum absolute atomic E-state index is 13.0. The van der Waals surface area contributed by atoms with E-state index in [-0.39, 0.29) is 23.6 Å². The third-order valence-electron chi connectivity index (χ3n) is 5.94. The van der Waals surface area contributed by atoms with Gasteiger partial charge in [0.2, 0.25) is 0 Å². The molecular weight excluding hydrogens is 407 g/mol. The Labute approximate surface area is 176 Å². The molecule has 31 heavy (non-hydrogen) atoms. The molecule has 0 spiro atoms. The summed E-state index contributed by atoms with van der Waals surface area (Å²) in [5.41, 5.74) is -0.000697. The van der Waals surface area contributed by atoms with Crippen LogP contribution in [0.4, 0.5) is 13.2 Å². The van der Waals surface area contributed by atoms with Crippen LogP contribution in [-0.2, 0) is 12.6 Å². The number of nitrogens with zero attached hydrogens (tertiary/aromatic N) is 1. The molecule has 1 saturated carbocycles. The Kier molecular flexibility index (Phi) is 5.80. The van der Waals surface area contributed by atoms with Gasteiger partial charge in [0.1, 0.15) is 5.69 Å². The molecule has 0 unspecified atom stereocenters. The molecule has 0 bridgehead atoms. The fourth-order valence-electron chi connectivity index (χ4n) is 4.41. The lowest BCUT2D eigenvalue weighted by molar-refractivity contribution is -0.141. The molecule has 3 aromatic rings. The van der Waals surface area contributed by atoms with Crippen molar-refractivity contribution in [2.45, 2.75) is 50.1 Å². The van der Waals surface area contributed by atoms with Gasteiger partial charge in [-0.05, 0) is 55.2 Å². The highest BCUT2D eigenvalue weighted by Crippen LogP contribution is 2.40. The number of H-pyrrole nitrogens is 2. The first-order chi connectivity index (χ1) is 14.8. The van der Waals surface area contributed by atoms with E-state index in [0.717, 1.165) is 31.7 Å². The Balaban J connectivity index is 1.60. The zero-order chi connectivity index (χ0) is 22.0. The molecule has 5 nitrogen and oxygen atoms in total. The van der Waals surface area contributed by atoms with Gasteiger partial charge in [0.05, 0.1) is 0 Å². The van der Waals surface area contributed by atoms with Crippen LogP contribution in [0.15, 0.2) is 58.1 Å². The lowest BCUT2D eigenvalue weighted by Gasteiger charge is -2.29. The number of alkyl halides is 3. The predicted octanol–water partition coefficient (Wildman–Crippen LogP) is 4.51. The summed E-state index contributed by atoms with van der Waals surface area (Å²) in [5, 5.41) is 0. The number of rotatable bonds is 4. The van der Waals surface area contributed by atoms with Gasteiger partial charge in [-0.25, -0.2) is 9.78 Å². The summed E-state index contributed by atoms with van der Waals surface area (Å²) < 4.78 is 39.0. The normalized spacial score (nSPS) is 19.3. The van der Waals surface area contributed by atoms with Crippen molar-refractivity contribution >= 4 is 0 Å². The summed E-state index contributed by atoms with van der Waals surface area (Å²) in [6.45, 7) is 0. The van der Waals surface area contributed by atoms with Gasteiger partial charge >= 0.3 is 11.9 Å². The van der Waals surface area contributed by atoms with Crippen molar-refractivity contribution < 1.29 is 13.2 Å². The first-order valence-electron chi connectivity index (χ1n) is 10.2. The summed E-state index contributed by atoms with van der Waals surface area (Å²) >= 11 is 0. The Hall–Kier alpha value is -3.16. The molecule has 2 heterocycles. The Morgan fingerprint density at radius 3 is 2.23 bits per heavy atom. The third kappa shape index (κ3) is 4.78. The summed E-state index contributed by atoms with van der Waals surface area (Å²) in [5.74, 6) is 0.385. The van der Waals surface area contributed by atoms with Crippen LogP contribution in [0.25, 0.3) is 0 Å². The molecule has 1 aliphatic rings. The predicted molar refractivity (Wildman–Crippen MR) is 110 cm³/mol. The van der Waals surface area contributed by atoms with E-state index in [2.05, 4.69) is 27.1 Å². The minimum atomic E-state index is -4.56. The van der Waals surface area contributed by atoms with Crippen molar-refractivity contribution in [1.82, 2.24) is 15.0 Å². The molecule has 1 aromatic carbocycles. The fourth-order valence-corrected chi connectivity index (χ4v) is 4.41. The number of hydrogen-bond acceptors (Lipinski definition) is 3. The summed E-state index contributed by atoms with van der Waals surface area (Å²) in [7, 11) is 0. The van der Waals surface area contributed by atoms with Crippen LogP contribution in [0.5, 0.6) is 0 Å². The monoisotopic (exact) mass is 429 g/mol. The van der Waals surface area contributed by atoms with E-state index in [1.54, 1.807) is 0 Å². The molecule has 4 rings (SSSR count). The van der Waals surface area contributed by atoms with Crippen molar-refractivity contribution in [2.24, 2.45) is 0 Å². The minimum Gasteiger partial charge on any atom is -0.311 e. The van der Waals surface area contributed by atoms with E-state index < -0.39 is 23.1 Å². The molecular formula is C23H22F3N3O2. The fraction of sp³-hybridized carbons (Fsp3) is 0.348. The lowest BCUT2D eigenvalue weighted by atomic mass is 9.76. The lowest BCUT2D eigenvalue weighted by Crippen LogP contribution is -2.30. The largest absolute Gasteiger partial charge is 0.433 e. The van der Waals surface area contributed by atoms with E-state index in [4.69, 9.17) is 0 Å². The van der Waals surface area contributed by atoms with E-state index in [9.17, 15) is 22.8 Å². The van der Waals surface area contributed by atoms with Crippen LogP contribution in [0, 0.1) is 0 Å². The van der Waals surface area contributed by atoms with Gasteiger partial charge in [-0.1, -0.05) is 36.4 Å². The average Bonchev–Trinajstić information content (AvgIpc) is 2.76. The highest BCUT2D eigenvalue weighted by molar-refractivity contribution is 5.28. The maximum atomic E-state index is 13.0. The molecule has 1 fully saturated rings. The van der Waals surface area contributed by atoms with Crippen LogP contribution >= 0.6 is 0 Å². The SMILES string of the molecule is O=c1[nH]c(=O)c(Cc2cccc(C(F)(F)F)n2)c([C@H]2CC[C@H](c3ccccc3)CC2)[nH]1. The minimum absolute atomic E-state index is 0.0317. The third-order valence-corrected chi connectivity index (χ3v) is 5.94. The van der Waals surface area contributed by atoms with Crippen LogP contribution < -0.4 is 11.2 Å². The molecule has 0 aliphatic heterocycles. The van der Waals surface area contributed by atoms with Crippen LogP contribution in [0.2, 0.25) is 0 Å². The molecule has 0 saturated heterocycles. The van der Waals surface area contributed by atoms with Crippen molar-refractivity contribution in [2.75, 3.05) is 0 Å². The van der Waals surface area contributed by atoms with Crippen molar-refractivity contribution in [3.8, 4) is 0 Å². The highest BCUT2D eigenvalue weighted by Gasteiger charge is 2.33. The number of aromatic amines is 2. The number of benzene rings is 1.